The number of carbonyl (C=O) groups is 3. The lowest BCUT2D eigenvalue weighted by Gasteiger charge is -2.32. The van der Waals surface area contributed by atoms with Crippen molar-refractivity contribution in [2.45, 2.75) is 75.9 Å². The first-order valence-corrected chi connectivity index (χ1v) is 10.6. The highest BCUT2D eigenvalue weighted by Gasteiger charge is 2.43. The number of benzene rings is 1. The lowest BCUT2D eigenvalue weighted by atomic mass is 9.95. The SMILES string of the molecule is O=C(NC1CCCCC1)C1CCCN1C(=O)C1CCC(=O)N1c1ccccc1. The summed E-state index contributed by atoms with van der Waals surface area (Å²) in [6.45, 7) is 0.592. The zero-order chi connectivity index (χ0) is 19.5. The van der Waals surface area contributed by atoms with Gasteiger partial charge in [0.05, 0.1) is 0 Å². The maximum absolute atomic E-state index is 13.3. The lowest BCUT2D eigenvalue weighted by Crippen LogP contribution is -2.53. The van der Waals surface area contributed by atoms with Gasteiger partial charge in [-0.2, -0.15) is 0 Å². The molecule has 0 bridgehead atoms. The van der Waals surface area contributed by atoms with E-state index in [9.17, 15) is 14.4 Å². The van der Waals surface area contributed by atoms with Crippen LogP contribution in [-0.2, 0) is 14.4 Å². The second-order valence-electron chi connectivity index (χ2n) is 8.19. The summed E-state index contributed by atoms with van der Waals surface area (Å²) < 4.78 is 0. The van der Waals surface area contributed by atoms with E-state index < -0.39 is 12.1 Å². The molecule has 0 spiro atoms. The van der Waals surface area contributed by atoms with Gasteiger partial charge >= 0.3 is 0 Å². The third-order valence-corrected chi connectivity index (χ3v) is 6.32. The number of anilines is 1. The standard InChI is InChI=1S/C22H29N3O3/c26-20-14-13-19(25(20)17-10-5-2-6-11-17)22(28)24-15-7-12-18(24)21(27)23-16-8-3-1-4-9-16/h2,5-6,10-11,16,18-19H,1,3-4,7-9,12-15H2,(H,23,27). The average molecular weight is 383 g/mol. The first kappa shape index (κ1) is 19.0. The van der Waals surface area contributed by atoms with Gasteiger partial charge in [0, 0.05) is 24.7 Å². The van der Waals surface area contributed by atoms with E-state index in [4.69, 9.17) is 0 Å². The largest absolute Gasteiger partial charge is 0.352 e. The summed E-state index contributed by atoms with van der Waals surface area (Å²) in [4.78, 5) is 42.0. The van der Waals surface area contributed by atoms with E-state index in [2.05, 4.69) is 5.32 Å². The third kappa shape index (κ3) is 3.77. The Morgan fingerprint density at radius 3 is 2.39 bits per heavy atom. The Kier molecular flexibility index (Phi) is 5.64. The van der Waals surface area contributed by atoms with Gasteiger partial charge in [-0.1, -0.05) is 37.5 Å². The van der Waals surface area contributed by atoms with Crippen molar-refractivity contribution in [2.24, 2.45) is 0 Å². The number of rotatable bonds is 4. The van der Waals surface area contributed by atoms with Crippen LogP contribution in [0.5, 0.6) is 0 Å². The van der Waals surface area contributed by atoms with Crippen molar-refractivity contribution >= 4 is 23.4 Å². The van der Waals surface area contributed by atoms with E-state index in [0.717, 1.165) is 37.8 Å². The van der Waals surface area contributed by atoms with Crippen molar-refractivity contribution in [1.82, 2.24) is 10.2 Å². The minimum atomic E-state index is -0.502. The summed E-state index contributed by atoms with van der Waals surface area (Å²) in [7, 11) is 0. The Hall–Kier alpha value is -2.37. The van der Waals surface area contributed by atoms with Crippen LogP contribution in [0.1, 0.15) is 57.8 Å². The second-order valence-corrected chi connectivity index (χ2v) is 8.19. The first-order valence-electron chi connectivity index (χ1n) is 10.6. The molecule has 1 saturated carbocycles. The number of nitrogens with one attached hydrogen (secondary N) is 1. The number of hydrogen-bond acceptors (Lipinski definition) is 3. The van der Waals surface area contributed by atoms with E-state index in [1.807, 2.05) is 30.3 Å². The van der Waals surface area contributed by atoms with Crippen molar-refractivity contribution in [1.29, 1.82) is 0 Å². The van der Waals surface area contributed by atoms with E-state index in [0.29, 0.717) is 25.8 Å². The van der Waals surface area contributed by atoms with Crippen LogP contribution in [0.4, 0.5) is 5.69 Å². The van der Waals surface area contributed by atoms with E-state index in [1.54, 1.807) is 9.80 Å². The smallest absolute Gasteiger partial charge is 0.246 e. The van der Waals surface area contributed by atoms with Crippen molar-refractivity contribution < 1.29 is 14.4 Å². The molecule has 0 radical (unpaired) electrons. The van der Waals surface area contributed by atoms with E-state index in [1.165, 1.54) is 6.42 Å². The van der Waals surface area contributed by atoms with Crippen LogP contribution in [0.15, 0.2) is 30.3 Å². The molecule has 2 atom stereocenters. The predicted molar refractivity (Wildman–Crippen MR) is 107 cm³/mol. The molecular formula is C22H29N3O3. The molecule has 150 valence electrons. The fourth-order valence-electron chi connectivity index (χ4n) is 4.87. The average Bonchev–Trinajstić information content (AvgIpc) is 3.36. The topological polar surface area (TPSA) is 69.7 Å². The quantitative estimate of drug-likeness (QED) is 0.869. The molecule has 6 nitrogen and oxygen atoms in total. The van der Waals surface area contributed by atoms with Gasteiger partial charge in [0.25, 0.3) is 0 Å². The van der Waals surface area contributed by atoms with Gasteiger partial charge in [0.1, 0.15) is 12.1 Å². The Bertz CT molecular complexity index is 730. The number of likely N-dealkylation sites (tertiary alicyclic amines) is 1. The lowest BCUT2D eigenvalue weighted by molar-refractivity contribution is -0.139. The highest BCUT2D eigenvalue weighted by atomic mass is 16.2. The molecule has 2 heterocycles. The highest BCUT2D eigenvalue weighted by Crippen LogP contribution is 2.30. The van der Waals surface area contributed by atoms with Crippen molar-refractivity contribution in [3.63, 3.8) is 0 Å². The molecule has 1 aromatic carbocycles. The third-order valence-electron chi connectivity index (χ3n) is 6.32. The molecule has 3 fully saturated rings. The maximum Gasteiger partial charge on any atom is 0.246 e. The van der Waals surface area contributed by atoms with Gasteiger partial charge in [-0.3, -0.25) is 19.3 Å². The summed E-state index contributed by atoms with van der Waals surface area (Å²) in [5.41, 5.74) is 0.755. The van der Waals surface area contributed by atoms with Gasteiger partial charge < -0.3 is 10.2 Å². The molecule has 3 aliphatic rings. The Balaban J connectivity index is 1.46. The van der Waals surface area contributed by atoms with Gasteiger partial charge in [-0.15, -0.1) is 0 Å². The highest BCUT2D eigenvalue weighted by molar-refractivity contribution is 6.04. The maximum atomic E-state index is 13.3. The fraction of sp³-hybridized carbons (Fsp3) is 0.591. The molecular weight excluding hydrogens is 354 g/mol. The minimum Gasteiger partial charge on any atom is -0.352 e. The summed E-state index contributed by atoms with van der Waals surface area (Å²) >= 11 is 0. The van der Waals surface area contributed by atoms with Crippen LogP contribution in [0.3, 0.4) is 0 Å². The first-order chi connectivity index (χ1) is 13.6. The predicted octanol–water partition coefficient (Wildman–Crippen LogP) is 2.62. The zero-order valence-electron chi connectivity index (χ0n) is 16.3. The van der Waals surface area contributed by atoms with Crippen molar-refractivity contribution in [2.75, 3.05) is 11.4 Å². The molecule has 1 aliphatic carbocycles. The molecule has 3 amide bonds. The molecule has 1 aromatic rings. The van der Waals surface area contributed by atoms with Gasteiger partial charge in [-0.05, 0) is 44.2 Å². The van der Waals surface area contributed by atoms with Gasteiger partial charge in [0.15, 0.2) is 0 Å². The summed E-state index contributed by atoms with van der Waals surface area (Å²) in [5, 5.41) is 3.17. The molecule has 28 heavy (non-hydrogen) atoms. The van der Waals surface area contributed by atoms with Crippen LogP contribution >= 0.6 is 0 Å². The van der Waals surface area contributed by atoms with Crippen molar-refractivity contribution in [3.8, 4) is 0 Å². The molecule has 1 N–H and O–H groups in total. The molecule has 2 aliphatic heterocycles. The van der Waals surface area contributed by atoms with Crippen LogP contribution in [0, 0.1) is 0 Å². The summed E-state index contributed by atoms with van der Waals surface area (Å²) in [6, 6.07) is 8.71. The molecule has 2 unspecified atom stereocenters. The Labute approximate surface area is 166 Å². The molecule has 4 rings (SSSR count). The van der Waals surface area contributed by atoms with E-state index >= 15 is 0 Å². The zero-order valence-corrected chi connectivity index (χ0v) is 16.3. The number of para-hydroxylation sites is 1. The number of hydrogen-bond donors (Lipinski definition) is 1. The Morgan fingerprint density at radius 1 is 0.893 bits per heavy atom. The van der Waals surface area contributed by atoms with Gasteiger partial charge in [0.2, 0.25) is 17.7 Å². The van der Waals surface area contributed by atoms with Crippen molar-refractivity contribution in [3.05, 3.63) is 30.3 Å². The number of amides is 3. The fourth-order valence-corrected chi connectivity index (χ4v) is 4.87. The van der Waals surface area contributed by atoms with Crippen LogP contribution < -0.4 is 10.2 Å². The molecule has 2 saturated heterocycles. The van der Waals surface area contributed by atoms with E-state index in [-0.39, 0.29) is 23.8 Å². The Morgan fingerprint density at radius 2 is 1.64 bits per heavy atom. The summed E-state index contributed by atoms with van der Waals surface area (Å²) in [5.74, 6) is -0.128. The van der Waals surface area contributed by atoms with Gasteiger partial charge in [-0.25, -0.2) is 0 Å². The minimum absolute atomic E-state index is 0.0201. The monoisotopic (exact) mass is 383 g/mol. The second kappa shape index (κ2) is 8.33. The van der Waals surface area contributed by atoms with Crippen LogP contribution in [-0.4, -0.2) is 47.3 Å². The number of nitrogens with zero attached hydrogens (tertiary/aromatic N) is 2. The molecule has 6 heteroatoms. The van der Waals surface area contributed by atoms with Crippen LogP contribution in [0.25, 0.3) is 0 Å². The normalized spacial score (nSPS) is 25.9. The summed E-state index contributed by atoms with van der Waals surface area (Å²) in [6.07, 6.45) is 8.06. The van der Waals surface area contributed by atoms with Crippen LogP contribution in [0.2, 0.25) is 0 Å². The molecule has 0 aromatic heterocycles. The number of carbonyl (C=O) groups excluding carboxylic acids is 3.